The molecule has 1 aromatic heterocycles. The Kier molecular flexibility index (Phi) is 10.1. The number of para-hydroxylation sites is 2. The average molecular weight is 533 g/mol. The summed E-state index contributed by atoms with van der Waals surface area (Å²) in [4.78, 5) is 34.9. The van der Waals surface area contributed by atoms with Crippen LogP contribution in [0.4, 0.5) is 5.69 Å². The minimum atomic E-state index is -0.109. The summed E-state index contributed by atoms with van der Waals surface area (Å²) in [5.74, 6) is 1.73. The maximum Gasteiger partial charge on any atom is 0.261 e. The molecule has 2 amide bonds. The van der Waals surface area contributed by atoms with E-state index in [2.05, 4.69) is 24.0 Å². The molecule has 0 saturated heterocycles. The van der Waals surface area contributed by atoms with Gasteiger partial charge in [0.05, 0.1) is 5.56 Å². The Morgan fingerprint density at radius 3 is 2.36 bits per heavy atom. The van der Waals surface area contributed by atoms with Crippen molar-refractivity contribution < 1.29 is 18.8 Å². The van der Waals surface area contributed by atoms with Gasteiger partial charge in [-0.1, -0.05) is 75.0 Å². The molecule has 0 unspecified atom stereocenters. The van der Waals surface area contributed by atoms with Gasteiger partial charge < -0.3 is 19.1 Å². The van der Waals surface area contributed by atoms with Crippen LogP contribution < -0.4 is 9.64 Å². The minimum Gasteiger partial charge on any atom is -0.483 e. The largest absolute Gasteiger partial charge is 0.483 e. The normalized spacial score (nSPS) is 15.2. The highest BCUT2D eigenvalue weighted by atomic mass is 16.5. The molecule has 39 heavy (non-hydrogen) atoms. The first-order chi connectivity index (χ1) is 18.9. The third-order valence-electron chi connectivity index (χ3n) is 6.94. The number of aryl methyl sites for hydroxylation is 1. The molecule has 1 aliphatic heterocycles. The van der Waals surface area contributed by atoms with E-state index in [9.17, 15) is 9.59 Å². The molecule has 0 N–H and O–H groups in total. The number of amides is 2. The van der Waals surface area contributed by atoms with Crippen LogP contribution in [0.5, 0.6) is 5.75 Å². The highest BCUT2D eigenvalue weighted by molar-refractivity contribution is 5.94. The van der Waals surface area contributed by atoms with E-state index in [1.54, 1.807) is 13.0 Å². The Labute approximate surface area is 231 Å². The van der Waals surface area contributed by atoms with Crippen LogP contribution in [0.3, 0.4) is 0 Å². The lowest BCUT2D eigenvalue weighted by Crippen LogP contribution is -2.37. The first kappa shape index (κ1) is 28.3. The molecule has 3 aromatic rings. The molecule has 2 aromatic carbocycles. The molecule has 0 aliphatic carbocycles. The molecule has 0 bridgehead atoms. The molecule has 0 fully saturated rings. The first-order valence-electron chi connectivity index (χ1n) is 14.1. The molecule has 2 heterocycles. The Hall–Kier alpha value is -3.68. The van der Waals surface area contributed by atoms with Gasteiger partial charge in [0.15, 0.2) is 12.4 Å². The topological polar surface area (TPSA) is 88.8 Å². The fourth-order valence-corrected chi connectivity index (χ4v) is 4.93. The molecule has 4 rings (SSSR count). The molecular formula is C31H40N4O4. The van der Waals surface area contributed by atoms with Gasteiger partial charge in [-0.15, -0.1) is 0 Å². The molecule has 0 spiro atoms. The maximum atomic E-state index is 13.5. The summed E-state index contributed by atoms with van der Waals surface area (Å²) in [5.41, 5.74) is 2.53. The van der Waals surface area contributed by atoms with Crippen LogP contribution in [-0.2, 0) is 16.1 Å². The number of carbonyl (C=O) groups is 2. The minimum absolute atomic E-state index is 0.101. The number of nitrogens with zero attached hydrogens (tertiary/aromatic N) is 4. The number of benzene rings is 2. The van der Waals surface area contributed by atoms with Crippen LogP contribution in [0.2, 0.25) is 0 Å². The third kappa shape index (κ3) is 7.91. The summed E-state index contributed by atoms with van der Waals surface area (Å²) in [7, 11) is 0. The van der Waals surface area contributed by atoms with E-state index in [0.717, 1.165) is 49.8 Å². The monoisotopic (exact) mass is 532 g/mol. The van der Waals surface area contributed by atoms with Gasteiger partial charge in [0, 0.05) is 31.7 Å². The number of hydrogen-bond donors (Lipinski definition) is 0. The molecule has 0 radical (unpaired) electrons. The van der Waals surface area contributed by atoms with E-state index in [1.807, 2.05) is 52.3 Å². The number of carbonyl (C=O) groups excluding carboxylic acids is 2. The van der Waals surface area contributed by atoms with Gasteiger partial charge in [0.1, 0.15) is 5.75 Å². The second-order valence-corrected chi connectivity index (χ2v) is 10.6. The highest BCUT2D eigenvalue weighted by Gasteiger charge is 2.23. The van der Waals surface area contributed by atoms with Crippen LogP contribution in [0.25, 0.3) is 11.5 Å². The fraction of sp³-hybridized carbons (Fsp3) is 0.484. The van der Waals surface area contributed by atoms with Crippen molar-refractivity contribution >= 4 is 17.5 Å². The smallest absolute Gasteiger partial charge is 0.261 e. The summed E-state index contributed by atoms with van der Waals surface area (Å²) in [6.45, 7) is 7.56. The maximum absolute atomic E-state index is 13.5. The summed E-state index contributed by atoms with van der Waals surface area (Å²) < 4.78 is 11.3. The summed E-state index contributed by atoms with van der Waals surface area (Å²) in [5, 5.41) is 3.87. The summed E-state index contributed by atoms with van der Waals surface area (Å²) in [6.07, 6.45) is 6.85. The van der Waals surface area contributed by atoms with Gasteiger partial charge in [-0.2, -0.15) is 4.98 Å². The van der Waals surface area contributed by atoms with Gasteiger partial charge >= 0.3 is 0 Å². The SMILES string of the molecule is Cc1noc(-c2ccccc2OCC(=O)N2CCCCCCCCN(C(=O)CC(C)C)c3ccccc3C2)n1. The molecule has 0 saturated carbocycles. The van der Waals surface area contributed by atoms with Gasteiger partial charge in [0.2, 0.25) is 5.91 Å². The van der Waals surface area contributed by atoms with E-state index >= 15 is 0 Å². The first-order valence-corrected chi connectivity index (χ1v) is 14.1. The predicted octanol–water partition coefficient (Wildman–Crippen LogP) is 6.19. The highest BCUT2D eigenvalue weighted by Crippen LogP contribution is 2.29. The van der Waals surface area contributed by atoms with Crippen molar-refractivity contribution in [1.82, 2.24) is 15.0 Å². The van der Waals surface area contributed by atoms with E-state index in [-0.39, 0.29) is 24.3 Å². The van der Waals surface area contributed by atoms with Crippen LogP contribution >= 0.6 is 0 Å². The standard InChI is InChI=1S/C31H40N4O4/c1-23(2)20-29(36)35-19-13-7-5-4-6-12-18-34(21-25-14-8-10-16-27(25)35)30(37)22-38-28-17-11-9-15-26(28)31-32-24(3)33-39-31/h8-11,14-17,23H,4-7,12-13,18-22H2,1-3H3. The van der Waals surface area contributed by atoms with E-state index in [4.69, 9.17) is 9.26 Å². The lowest BCUT2D eigenvalue weighted by atomic mass is 10.1. The van der Waals surface area contributed by atoms with Gasteiger partial charge in [-0.25, -0.2) is 0 Å². The van der Waals surface area contributed by atoms with Crippen molar-refractivity contribution in [2.75, 3.05) is 24.6 Å². The molecule has 208 valence electrons. The second-order valence-electron chi connectivity index (χ2n) is 10.6. The van der Waals surface area contributed by atoms with Crippen LogP contribution in [0.1, 0.15) is 70.2 Å². The van der Waals surface area contributed by atoms with Gasteiger partial charge in [-0.3, -0.25) is 9.59 Å². The summed E-state index contributed by atoms with van der Waals surface area (Å²) in [6, 6.07) is 15.3. The van der Waals surface area contributed by atoms with Crippen molar-refractivity contribution in [1.29, 1.82) is 0 Å². The number of hydrogen-bond acceptors (Lipinski definition) is 6. The molecule has 1 aliphatic rings. The van der Waals surface area contributed by atoms with Gasteiger partial charge in [-0.05, 0) is 49.4 Å². The van der Waals surface area contributed by atoms with Crippen LogP contribution in [-0.4, -0.2) is 46.6 Å². The zero-order valence-corrected chi connectivity index (χ0v) is 23.4. The fourth-order valence-electron chi connectivity index (χ4n) is 4.93. The number of ether oxygens (including phenoxy) is 1. The Morgan fingerprint density at radius 1 is 0.923 bits per heavy atom. The summed E-state index contributed by atoms with van der Waals surface area (Å²) >= 11 is 0. The Balaban J connectivity index is 1.55. The molecule has 0 atom stereocenters. The van der Waals surface area contributed by atoms with Crippen molar-refractivity contribution in [2.45, 2.75) is 72.3 Å². The van der Waals surface area contributed by atoms with E-state index in [0.29, 0.717) is 49.1 Å². The number of aromatic nitrogens is 2. The van der Waals surface area contributed by atoms with Crippen molar-refractivity contribution in [3.63, 3.8) is 0 Å². The molecular weight excluding hydrogens is 492 g/mol. The second kappa shape index (κ2) is 13.9. The van der Waals surface area contributed by atoms with Gasteiger partial charge in [0.25, 0.3) is 11.8 Å². The number of anilines is 1. The molecule has 8 nitrogen and oxygen atoms in total. The number of rotatable bonds is 6. The third-order valence-corrected chi connectivity index (χ3v) is 6.94. The lowest BCUT2D eigenvalue weighted by molar-refractivity contribution is -0.134. The Morgan fingerprint density at radius 2 is 1.62 bits per heavy atom. The van der Waals surface area contributed by atoms with Crippen molar-refractivity contribution in [3.8, 4) is 17.2 Å². The zero-order valence-electron chi connectivity index (χ0n) is 23.4. The zero-order chi connectivity index (χ0) is 27.6. The average Bonchev–Trinajstić information content (AvgIpc) is 3.36. The van der Waals surface area contributed by atoms with Crippen LogP contribution in [0, 0.1) is 12.8 Å². The van der Waals surface area contributed by atoms with Crippen molar-refractivity contribution in [3.05, 3.63) is 59.9 Å². The lowest BCUT2D eigenvalue weighted by Gasteiger charge is -2.29. The Bertz CT molecular complexity index is 1240. The van der Waals surface area contributed by atoms with E-state index < -0.39 is 0 Å². The predicted molar refractivity (Wildman–Crippen MR) is 151 cm³/mol. The van der Waals surface area contributed by atoms with Crippen molar-refractivity contribution in [2.24, 2.45) is 5.92 Å². The van der Waals surface area contributed by atoms with Crippen LogP contribution in [0.15, 0.2) is 53.1 Å². The molecule has 8 heteroatoms. The number of fused-ring (bicyclic) bond motifs is 1. The van der Waals surface area contributed by atoms with E-state index in [1.165, 1.54) is 0 Å². The quantitative estimate of drug-likeness (QED) is 0.376.